The summed E-state index contributed by atoms with van der Waals surface area (Å²) in [7, 11) is 0. The minimum Gasteiger partial charge on any atom is -0.338 e. The Morgan fingerprint density at radius 3 is 3.00 bits per heavy atom. The van der Waals surface area contributed by atoms with Gasteiger partial charge >= 0.3 is 0 Å². The van der Waals surface area contributed by atoms with Gasteiger partial charge in [0.2, 0.25) is 5.89 Å². The molecule has 0 aliphatic carbocycles. The summed E-state index contributed by atoms with van der Waals surface area (Å²) in [4.78, 5) is 6.73. The van der Waals surface area contributed by atoms with E-state index >= 15 is 0 Å². The summed E-state index contributed by atoms with van der Waals surface area (Å²) in [6.45, 7) is 7.28. The van der Waals surface area contributed by atoms with Crippen molar-refractivity contribution in [2.24, 2.45) is 5.73 Å². The van der Waals surface area contributed by atoms with E-state index in [4.69, 9.17) is 10.3 Å². The highest BCUT2D eigenvalue weighted by Gasteiger charge is 2.27. The Morgan fingerprint density at radius 1 is 1.67 bits per heavy atom. The summed E-state index contributed by atoms with van der Waals surface area (Å²) in [5.74, 6) is 1.78. The molecule has 0 bridgehead atoms. The molecule has 0 aromatic carbocycles. The average Bonchev–Trinajstić information content (AvgIpc) is 2.86. The van der Waals surface area contributed by atoms with Crippen LogP contribution < -0.4 is 5.73 Å². The maximum Gasteiger partial charge on any atom is 0.243 e. The van der Waals surface area contributed by atoms with Gasteiger partial charge in [-0.05, 0) is 26.4 Å². The van der Waals surface area contributed by atoms with Crippen LogP contribution in [0.2, 0.25) is 0 Å². The zero-order valence-corrected chi connectivity index (χ0v) is 9.31. The van der Waals surface area contributed by atoms with Crippen molar-refractivity contribution in [3.63, 3.8) is 0 Å². The van der Waals surface area contributed by atoms with E-state index in [9.17, 15) is 0 Å². The Hall–Kier alpha value is -0.940. The topological polar surface area (TPSA) is 68.2 Å². The van der Waals surface area contributed by atoms with Gasteiger partial charge in [-0.1, -0.05) is 12.1 Å². The SMILES string of the molecule is CCN1CCC(c2noc(C(C)N)n2)C1. The average molecular weight is 210 g/mol. The molecule has 1 aliphatic heterocycles. The van der Waals surface area contributed by atoms with E-state index in [1.54, 1.807) is 0 Å². The van der Waals surface area contributed by atoms with Gasteiger partial charge in [0, 0.05) is 12.5 Å². The van der Waals surface area contributed by atoms with E-state index in [1.165, 1.54) is 0 Å². The Bertz CT molecular complexity index is 323. The van der Waals surface area contributed by atoms with Crippen LogP contribution in [0.3, 0.4) is 0 Å². The number of likely N-dealkylation sites (tertiary alicyclic amines) is 1. The molecule has 5 nitrogen and oxygen atoms in total. The largest absolute Gasteiger partial charge is 0.338 e. The molecule has 1 aromatic heterocycles. The first-order valence-electron chi connectivity index (χ1n) is 5.52. The molecule has 0 amide bonds. The van der Waals surface area contributed by atoms with Crippen LogP contribution in [0.1, 0.15) is 43.9 Å². The highest BCUT2D eigenvalue weighted by atomic mass is 16.5. The molecule has 1 aliphatic rings. The predicted octanol–water partition coefficient (Wildman–Crippen LogP) is 0.898. The molecule has 0 saturated carbocycles. The monoisotopic (exact) mass is 210 g/mol. The molecule has 1 saturated heterocycles. The summed E-state index contributed by atoms with van der Waals surface area (Å²) in [5.41, 5.74) is 5.67. The lowest BCUT2D eigenvalue weighted by Gasteiger charge is -2.10. The molecule has 1 fully saturated rings. The molecule has 0 radical (unpaired) electrons. The van der Waals surface area contributed by atoms with Gasteiger partial charge in [-0.2, -0.15) is 4.98 Å². The quantitative estimate of drug-likeness (QED) is 0.802. The zero-order valence-electron chi connectivity index (χ0n) is 9.31. The van der Waals surface area contributed by atoms with E-state index < -0.39 is 0 Å². The highest BCUT2D eigenvalue weighted by molar-refractivity contribution is 5.01. The van der Waals surface area contributed by atoms with Gasteiger partial charge in [0.15, 0.2) is 5.82 Å². The summed E-state index contributed by atoms with van der Waals surface area (Å²) in [5, 5.41) is 4.00. The van der Waals surface area contributed by atoms with Crippen molar-refractivity contribution in [3.05, 3.63) is 11.7 Å². The fourth-order valence-corrected chi connectivity index (χ4v) is 1.93. The van der Waals surface area contributed by atoms with Crippen LogP contribution in [0.25, 0.3) is 0 Å². The van der Waals surface area contributed by atoms with Gasteiger partial charge in [0.25, 0.3) is 0 Å². The molecule has 1 aromatic rings. The van der Waals surface area contributed by atoms with Gasteiger partial charge < -0.3 is 15.2 Å². The standard InChI is InChI=1S/C10H18N4O/c1-3-14-5-4-8(6-14)9-12-10(7(2)11)15-13-9/h7-8H,3-6,11H2,1-2H3. The third-order valence-corrected chi connectivity index (χ3v) is 2.93. The predicted molar refractivity (Wildman–Crippen MR) is 56.4 cm³/mol. The number of hydrogen-bond acceptors (Lipinski definition) is 5. The molecular formula is C10H18N4O. The van der Waals surface area contributed by atoms with Gasteiger partial charge in [-0.25, -0.2) is 0 Å². The molecule has 84 valence electrons. The second-order valence-electron chi connectivity index (χ2n) is 4.16. The second kappa shape index (κ2) is 4.28. The van der Waals surface area contributed by atoms with Crippen LogP contribution in [0.15, 0.2) is 4.52 Å². The van der Waals surface area contributed by atoms with Gasteiger partial charge in [0.05, 0.1) is 6.04 Å². The molecule has 2 unspecified atom stereocenters. The lowest BCUT2D eigenvalue weighted by atomic mass is 10.1. The molecule has 0 spiro atoms. The maximum atomic E-state index is 5.67. The lowest BCUT2D eigenvalue weighted by molar-refractivity contribution is 0.343. The molecule has 2 rings (SSSR count). The van der Waals surface area contributed by atoms with Crippen LogP contribution in [-0.2, 0) is 0 Å². The fraction of sp³-hybridized carbons (Fsp3) is 0.800. The Kier molecular flexibility index (Phi) is 3.02. The van der Waals surface area contributed by atoms with Gasteiger partial charge in [-0.15, -0.1) is 0 Å². The molecule has 2 N–H and O–H groups in total. The van der Waals surface area contributed by atoms with Crippen molar-refractivity contribution in [1.82, 2.24) is 15.0 Å². The van der Waals surface area contributed by atoms with Crippen molar-refractivity contribution >= 4 is 0 Å². The summed E-state index contributed by atoms with van der Waals surface area (Å²) >= 11 is 0. The molecular weight excluding hydrogens is 192 g/mol. The van der Waals surface area contributed by atoms with Crippen molar-refractivity contribution in [2.45, 2.75) is 32.2 Å². The smallest absolute Gasteiger partial charge is 0.243 e. The highest BCUT2D eigenvalue weighted by Crippen LogP contribution is 2.25. The van der Waals surface area contributed by atoms with Crippen LogP contribution in [0.5, 0.6) is 0 Å². The second-order valence-corrected chi connectivity index (χ2v) is 4.16. The number of nitrogens with zero attached hydrogens (tertiary/aromatic N) is 3. The van der Waals surface area contributed by atoms with Crippen molar-refractivity contribution in [2.75, 3.05) is 19.6 Å². The third-order valence-electron chi connectivity index (χ3n) is 2.93. The maximum absolute atomic E-state index is 5.67. The third kappa shape index (κ3) is 2.18. The molecule has 2 heterocycles. The summed E-state index contributed by atoms with van der Waals surface area (Å²) in [6, 6.07) is -0.171. The van der Waals surface area contributed by atoms with Gasteiger partial charge in [-0.3, -0.25) is 0 Å². The normalized spacial score (nSPS) is 24.6. The summed E-state index contributed by atoms with van der Waals surface area (Å²) in [6.07, 6.45) is 1.12. The number of rotatable bonds is 3. The molecule has 15 heavy (non-hydrogen) atoms. The fourth-order valence-electron chi connectivity index (χ4n) is 1.93. The van der Waals surface area contributed by atoms with E-state index in [0.29, 0.717) is 11.8 Å². The van der Waals surface area contributed by atoms with E-state index in [2.05, 4.69) is 22.0 Å². The number of hydrogen-bond donors (Lipinski definition) is 1. The van der Waals surface area contributed by atoms with E-state index in [1.807, 2.05) is 6.92 Å². The number of nitrogens with two attached hydrogens (primary N) is 1. The first-order valence-corrected chi connectivity index (χ1v) is 5.52. The van der Waals surface area contributed by atoms with Crippen LogP contribution in [-0.4, -0.2) is 34.7 Å². The molecule has 5 heteroatoms. The Balaban J connectivity index is 2.04. The number of aromatic nitrogens is 2. The zero-order chi connectivity index (χ0) is 10.8. The van der Waals surface area contributed by atoms with Crippen LogP contribution in [0, 0.1) is 0 Å². The first-order chi connectivity index (χ1) is 7.20. The van der Waals surface area contributed by atoms with Crippen LogP contribution >= 0.6 is 0 Å². The minimum absolute atomic E-state index is 0.171. The van der Waals surface area contributed by atoms with Crippen molar-refractivity contribution in [1.29, 1.82) is 0 Å². The molecule has 2 atom stereocenters. The van der Waals surface area contributed by atoms with Crippen molar-refractivity contribution < 1.29 is 4.52 Å². The summed E-state index contributed by atoms with van der Waals surface area (Å²) < 4.78 is 5.10. The Labute approximate surface area is 89.6 Å². The number of likely N-dealkylation sites (N-methyl/N-ethyl adjacent to an activating group) is 1. The van der Waals surface area contributed by atoms with Crippen molar-refractivity contribution in [3.8, 4) is 0 Å². The van der Waals surface area contributed by atoms with Gasteiger partial charge in [0.1, 0.15) is 0 Å². The Morgan fingerprint density at radius 2 is 2.47 bits per heavy atom. The van der Waals surface area contributed by atoms with E-state index in [-0.39, 0.29) is 6.04 Å². The van der Waals surface area contributed by atoms with Crippen LogP contribution in [0.4, 0.5) is 0 Å². The minimum atomic E-state index is -0.171. The first kappa shape index (κ1) is 10.6. The lowest BCUT2D eigenvalue weighted by Crippen LogP contribution is -2.19. The van der Waals surface area contributed by atoms with E-state index in [0.717, 1.165) is 31.9 Å².